The van der Waals surface area contributed by atoms with Gasteiger partial charge in [-0.3, -0.25) is 19.8 Å². The van der Waals surface area contributed by atoms with E-state index in [2.05, 4.69) is 23.6 Å². The summed E-state index contributed by atoms with van der Waals surface area (Å²) in [5.41, 5.74) is 2.75. The summed E-state index contributed by atoms with van der Waals surface area (Å²) < 4.78 is 20.8. The van der Waals surface area contributed by atoms with Gasteiger partial charge in [0, 0.05) is 75.5 Å². The summed E-state index contributed by atoms with van der Waals surface area (Å²) in [7, 11) is 0. The van der Waals surface area contributed by atoms with Crippen LogP contribution < -0.4 is 9.47 Å². The van der Waals surface area contributed by atoms with E-state index in [4.69, 9.17) is 24.2 Å². The van der Waals surface area contributed by atoms with Crippen LogP contribution in [0.5, 0.6) is 11.5 Å². The Labute approximate surface area is 354 Å². The number of aliphatic hydroxyl groups excluding tert-OH is 2. The number of rotatable bonds is 22. The minimum Gasteiger partial charge on any atom is -0.492 e. The molecule has 2 fully saturated rings. The molecule has 13 nitrogen and oxygen atoms in total. The third-order valence-corrected chi connectivity index (χ3v) is 11.9. The molecule has 0 aromatic heterocycles. The summed E-state index contributed by atoms with van der Waals surface area (Å²) in [5.74, 6) is -0.606. The molecule has 2 heterocycles. The van der Waals surface area contributed by atoms with E-state index in [0.717, 1.165) is 67.9 Å². The monoisotopic (exact) mass is 828 g/mol. The number of ether oxygens (including phenoxy) is 3. The first-order valence-corrected chi connectivity index (χ1v) is 21.8. The van der Waals surface area contributed by atoms with E-state index in [9.17, 15) is 25.1 Å². The zero-order chi connectivity index (χ0) is 42.9. The van der Waals surface area contributed by atoms with Gasteiger partial charge in [0.1, 0.15) is 29.7 Å². The first kappa shape index (κ1) is 45.0. The molecule has 2 N–H and O–H groups in total. The molecule has 6 atom stereocenters. The SMILES string of the molecule is C=CCOC12Oc3ccc(OCCN4CC4)cc3C3C(CCCCO)C(CCCCO)C=C(C(=NOC(C)(C)C)CC1N(CCC)C(=O)C=Cc1ccc([N+](=O)[O-])cc1)C32. The number of non-ortho nitro benzene ring substituents is 1. The van der Waals surface area contributed by atoms with Gasteiger partial charge >= 0.3 is 0 Å². The largest absolute Gasteiger partial charge is 0.492 e. The van der Waals surface area contributed by atoms with Gasteiger partial charge in [0.15, 0.2) is 0 Å². The van der Waals surface area contributed by atoms with Crippen molar-refractivity contribution in [3.63, 3.8) is 0 Å². The number of hydrogen-bond donors (Lipinski definition) is 2. The molecule has 4 aliphatic rings. The van der Waals surface area contributed by atoms with Crippen LogP contribution in [0.15, 0.2) is 78.0 Å². The maximum absolute atomic E-state index is 14.7. The number of nitrogens with zero attached hydrogens (tertiary/aromatic N) is 4. The molecule has 2 aliphatic heterocycles. The number of nitro benzene ring substituents is 1. The summed E-state index contributed by atoms with van der Waals surface area (Å²) >= 11 is 0. The molecule has 1 amide bonds. The number of oxime groups is 1. The maximum atomic E-state index is 14.7. The van der Waals surface area contributed by atoms with Crippen molar-refractivity contribution in [3.05, 3.63) is 94.1 Å². The molecule has 0 bridgehead atoms. The van der Waals surface area contributed by atoms with Crippen LogP contribution in [-0.4, -0.2) is 107 Å². The number of benzene rings is 2. The number of carbonyl (C=O) groups is 1. The Morgan fingerprint density at radius 3 is 2.48 bits per heavy atom. The Balaban J connectivity index is 1.53. The first-order chi connectivity index (χ1) is 28.9. The van der Waals surface area contributed by atoms with E-state index in [0.29, 0.717) is 43.7 Å². The van der Waals surface area contributed by atoms with Crippen LogP contribution in [0.2, 0.25) is 0 Å². The number of unbranched alkanes of at least 4 members (excludes halogenated alkanes) is 2. The van der Waals surface area contributed by atoms with Crippen LogP contribution in [0.3, 0.4) is 0 Å². The number of hydrogen-bond acceptors (Lipinski definition) is 11. The van der Waals surface area contributed by atoms with Gasteiger partial charge in [0.25, 0.3) is 5.69 Å². The predicted octanol–water partition coefficient (Wildman–Crippen LogP) is 7.67. The number of fused-ring (bicyclic) bond motifs is 2. The number of nitro groups is 1. The van der Waals surface area contributed by atoms with Crippen LogP contribution in [-0.2, 0) is 14.4 Å². The minimum atomic E-state index is -1.38. The van der Waals surface area contributed by atoms with Crippen molar-refractivity contribution in [2.75, 3.05) is 52.6 Å². The van der Waals surface area contributed by atoms with Crippen molar-refractivity contribution in [2.45, 2.75) is 102 Å². The van der Waals surface area contributed by atoms with Gasteiger partial charge in [-0.2, -0.15) is 0 Å². The minimum absolute atomic E-state index is 0.0280. The van der Waals surface area contributed by atoms with Gasteiger partial charge in [-0.15, -0.1) is 6.58 Å². The average molecular weight is 829 g/mol. The van der Waals surface area contributed by atoms with Crippen LogP contribution in [0, 0.1) is 27.9 Å². The Morgan fingerprint density at radius 1 is 1.10 bits per heavy atom. The van der Waals surface area contributed by atoms with Crippen molar-refractivity contribution >= 4 is 23.4 Å². The van der Waals surface area contributed by atoms with Gasteiger partial charge in [-0.05, 0) is 112 Å². The van der Waals surface area contributed by atoms with E-state index in [-0.39, 0.29) is 55.6 Å². The molecule has 2 aliphatic carbocycles. The first-order valence-electron chi connectivity index (χ1n) is 21.8. The fraction of sp³-hybridized carbons (Fsp3) is 0.574. The molecule has 2 aromatic rings. The molecular weight excluding hydrogens is 765 g/mol. The van der Waals surface area contributed by atoms with Crippen molar-refractivity contribution in [1.82, 2.24) is 9.80 Å². The van der Waals surface area contributed by atoms with Gasteiger partial charge in [-0.1, -0.05) is 37.1 Å². The molecule has 6 unspecified atom stereocenters. The highest BCUT2D eigenvalue weighted by Gasteiger charge is 2.65. The van der Waals surface area contributed by atoms with E-state index in [1.165, 1.54) is 18.2 Å². The smallest absolute Gasteiger partial charge is 0.269 e. The highest BCUT2D eigenvalue weighted by Crippen LogP contribution is 2.62. The highest BCUT2D eigenvalue weighted by atomic mass is 16.7. The van der Waals surface area contributed by atoms with Crippen molar-refractivity contribution in [2.24, 2.45) is 22.9 Å². The van der Waals surface area contributed by atoms with Crippen molar-refractivity contribution in [3.8, 4) is 11.5 Å². The van der Waals surface area contributed by atoms with Crippen molar-refractivity contribution in [1.29, 1.82) is 0 Å². The predicted molar refractivity (Wildman–Crippen MR) is 232 cm³/mol. The second-order valence-electron chi connectivity index (χ2n) is 17.4. The van der Waals surface area contributed by atoms with Crippen molar-refractivity contribution < 1.29 is 39.0 Å². The van der Waals surface area contributed by atoms with E-state index in [1.807, 2.05) is 44.7 Å². The topological polar surface area (TPSA) is 156 Å². The van der Waals surface area contributed by atoms with Crippen LogP contribution >= 0.6 is 0 Å². The number of aliphatic hydroxyl groups is 2. The van der Waals surface area contributed by atoms with E-state index in [1.54, 1.807) is 24.3 Å². The lowest BCUT2D eigenvalue weighted by atomic mass is 9.55. The number of allylic oxidation sites excluding steroid dienone is 1. The number of carbonyl (C=O) groups excluding carboxylic acids is 1. The summed E-state index contributed by atoms with van der Waals surface area (Å²) in [6.45, 7) is 16.3. The second-order valence-corrected chi connectivity index (χ2v) is 17.4. The lowest BCUT2D eigenvalue weighted by Gasteiger charge is -2.60. The van der Waals surface area contributed by atoms with Gasteiger partial charge < -0.3 is 34.2 Å². The van der Waals surface area contributed by atoms with Crippen LogP contribution in [0.1, 0.15) is 96.1 Å². The quantitative estimate of drug-likeness (QED) is 0.0302. The fourth-order valence-corrected chi connectivity index (χ4v) is 9.15. The fourth-order valence-electron chi connectivity index (χ4n) is 9.15. The zero-order valence-corrected chi connectivity index (χ0v) is 35.8. The Morgan fingerprint density at radius 2 is 1.83 bits per heavy atom. The Hall–Kier alpha value is -4.56. The summed E-state index contributed by atoms with van der Waals surface area (Å²) in [6.07, 6.45) is 12.9. The van der Waals surface area contributed by atoms with Crippen LogP contribution in [0.25, 0.3) is 6.08 Å². The summed E-state index contributed by atoms with van der Waals surface area (Å²) in [5, 5.41) is 36.0. The molecule has 326 valence electrons. The third-order valence-electron chi connectivity index (χ3n) is 11.9. The lowest BCUT2D eigenvalue weighted by Crippen LogP contribution is -2.70. The van der Waals surface area contributed by atoms with Gasteiger partial charge in [-0.25, -0.2) is 0 Å². The number of amides is 1. The maximum Gasteiger partial charge on any atom is 0.269 e. The molecule has 0 radical (unpaired) electrons. The normalized spacial score (nSPS) is 25.2. The molecule has 13 heteroatoms. The molecule has 6 rings (SSSR count). The molecule has 60 heavy (non-hydrogen) atoms. The Bertz CT molecular complexity index is 1890. The lowest BCUT2D eigenvalue weighted by molar-refractivity contribution is -0.384. The third kappa shape index (κ3) is 10.7. The van der Waals surface area contributed by atoms with Gasteiger partial charge in [0.05, 0.1) is 23.2 Å². The zero-order valence-electron chi connectivity index (χ0n) is 35.8. The van der Waals surface area contributed by atoms with Gasteiger partial charge in [0.2, 0.25) is 11.7 Å². The summed E-state index contributed by atoms with van der Waals surface area (Å²) in [6, 6.07) is 11.5. The summed E-state index contributed by atoms with van der Waals surface area (Å²) in [4.78, 5) is 35.9. The Kier molecular flexibility index (Phi) is 15.2. The second kappa shape index (κ2) is 20.3. The highest BCUT2D eigenvalue weighted by molar-refractivity contribution is 6.03. The van der Waals surface area contributed by atoms with E-state index >= 15 is 0 Å². The average Bonchev–Trinajstić information content (AvgIpc) is 4.06. The molecular formula is C47H64N4O9. The molecule has 1 saturated carbocycles. The van der Waals surface area contributed by atoms with Crippen LogP contribution in [0.4, 0.5) is 5.69 Å². The molecule has 0 spiro atoms. The van der Waals surface area contributed by atoms with E-state index < -0.39 is 28.3 Å². The molecule has 1 saturated heterocycles. The standard InChI is InChI=1S/C47H64N4O9/c1-6-22-50(43(54)21-16-33-14-17-35(18-15-33)51(55)56)42-32-40(48-60-46(3,4)5)38-30-34(12-8-10-26-52)37(13-9-11-27-53)44-39-31-36(57-29-25-49-23-24-49)19-20-41(39)59-47(42,45(38)44)58-28-7-2/h7,14-21,30-31,34,37,42,44-45,52-53H,2,6,8-13,22-29,32H2,1,3-5H3. The molecule has 2 aromatic carbocycles.